The molecule has 0 saturated heterocycles. The molecular formula is C19H21N3O3S. The normalized spacial score (nSPS) is 12.2. The topological polar surface area (TPSA) is 67.6 Å². The SMILES string of the molecule is COc1ccc(-c2nc(C(=O)NCC(c3ccco3)N(C)C)cs2)cc1. The molecule has 1 atom stereocenters. The fraction of sp³-hybridized carbons (Fsp3) is 0.263. The highest BCUT2D eigenvalue weighted by molar-refractivity contribution is 7.13. The lowest BCUT2D eigenvalue weighted by atomic mass is 10.2. The van der Waals surface area contributed by atoms with Gasteiger partial charge in [0, 0.05) is 17.5 Å². The summed E-state index contributed by atoms with van der Waals surface area (Å²) in [5.41, 5.74) is 1.37. The van der Waals surface area contributed by atoms with Crippen molar-refractivity contribution in [3.8, 4) is 16.3 Å². The van der Waals surface area contributed by atoms with Crippen LogP contribution >= 0.6 is 11.3 Å². The molecule has 0 radical (unpaired) electrons. The number of thiazole rings is 1. The van der Waals surface area contributed by atoms with Crippen LogP contribution in [0.15, 0.2) is 52.5 Å². The first-order valence-electron chi connectivity index (χ1n) is 8.16. The van der Waals surface area contributed by atoms with Crippen LogP contribution in [0, 0.1) is 0 Å². The van der Waals surface area contributed by atoms with E-state index in [-0.39, 0.29) is 11.9 Å². The monoisotopic (exact) mass is 371 g/mol. The molecule has 0 aliphatic heterocycles. The molecule has 0 fully saturated rings. The fourth-order valence-electron chi connectivity index (χ4n) is 2.54. The van der Waals surface area contributed by atoms with Crippen LogP contribution < -0.4 is 10.1 Å². The molecule has 3 rings (SSSR count). The van der Waals surface area contributed by atoms with E-state index in [1.54, 1.807) is 18.8 Å². The molecule has 1 unspecified atom stereocenters. The van der Waals surface area contributed by atoms with Crippen LogP contribution in [0.1, 0.15) is 22.3 Å². The highest BCUT2D eigenvalue weighted by Gasteiger charge is 2.19. The number of hydrogen-bond donors (Lipinski definition) is 1. The lowest BCUT2D eigenvalue weighted by molar-refractivity contribution is 0.0935. The first-order valence-corrected chi connectivity index (χ1v) is 9.04. The summed E-state index contributed by atoms with van der Waals surface area (Å²) >= 11 is 1.44. The van der Waals surface area contributed by atoms with Gasteiger partial charge in [0.1, 0.15) is 22.2 Å². The summed E-state index contributed by atoms with van der Waals surface area (Å²) in [7, 11) is 5.53. The van der Waals surface area contributed by atoms with Crippen molar-refractivity contribution in [3.63, 3.8) is 0 Å². The van der Waals surface area contributed by atoms with Crippen molar-refractivity contribution in [2.45, 2.75) is 6.04 Å². The molecule has 136 valence electrons. The number of likely N-dealkylation sites (N-methyl/N-ethyl adjacent to an activating group) is 1. The Bertz CT molecular complexity index is 841. The van der Waals surface area contributed by atoms with Crippen molar-refractivity contribution in [1.82, 2.24) is 15.2 Å². The van der Waals surface area contributed by atoms with Crippen molar-refractivity contribution in [1.29, 1.82) is 0 Å². The predicted molar refractivity (Wildman–Crippen MR) is 102 cm³/mol. The summed E-state index contributed by atoms with van der Waals surface area (Å²) in [5, 5.41) is 5.50. The molecule has 0 saturated carbocycles. The third-order valence-corrected chi connectivity index (χ3v) is 4.92. The van der Waals surface area contributed by atoms with Gasteiger partial charge < -0.3 is 14.5 Å². The van der Waals surface area contributed by atoms with Crippen molar-refractivity contribution in [2.75, 3.05) is 27.7 Å². The number of furan rings is 1. The van der Waals surface area contributed by atoms with Crippen LogP contribution in [0.2, 0.25) is 0 Å². The first kappa shape index (κ1) is 18.2. The Morgan fingerprint density at radius 1 is 1.31 bits per heavy atom. The molecule has 7 heteroatoms. The smallest absolute Gasteiger partial charge is 0.270 e. The third kappa shape index (κ3) is 4.12. The van der Waals surface area contributed by atoms with E-state index in [0.717, 1.165) is 22.1 Å². The van der Waals surface area contributed by atoms with E-state index in [2.05, 4.69) is 10.3 Å². The maximum Gasteiger partial charge on any atom is 0.270 e. The lowest BCUT2D eigenvalue weighted by Gasteiger charge is -2.22. The number of aromatic nitrogens is 1. The largest absolute Gasteiger partial charge is 0.497 e. The summed E-state index contributed by atoms with van der Waals surface area (Å²) < 4.78 is 10.6. The van der Waals surface area contributed by atoms with Crippen LogP contribution in [0.3, 0.4) is 0 Å². The van der Waals surface area contributed by atoms with Gasteiger partial charge in [-0.05, 0) is 50.5 Å². The summed E-state index contributed by atoms with van der Waals surface area (Å²) in [4.78, 5) is 18.9. The highest BCUT2D eigenvalue weighted by Crippen LogP contribution is 2.26. The zero-order valence-corrected chi connectivity index (χ0v) is 15.7. The van der Waals surface area contributed by atoms with Crippen LogP contribution in [0.4, 0.5) is 0 Å². The number of nitrogens with one attached hydrogen (secondary N) is 1. The molecule has 2 heterocycles. The van der Waals surface area contributed by atoms with Crippen molar-refractivity contribution in [2.24, 2.45) is 0 Å². The van der Waals surface area contributed by atoms with Crippen molar-refractivity contribution < 1.29 is 13.9 Å². The van der Waals surface area contributed by atoms with Gasteiger partial charge in [0.2, 0.25) is 0 Å². The average molecular weight is 371 g/mol. The van der Waals surface area contributed by atoms with Gasteiger partial charge in [-0.25, -0.2) is 4.98 Å². The minimum atomic E-state index is -0.195. The molecule has 2 aromatic heterocycles. The zero-order chi connectivity index (χ0) is 18.5. The maximum absolute atomic E-state index is 12.5. The zero-order valence-electron chi connectivity index (χ0n) is 14.9. The Labute approximate surface area is 156 Å². The van der Waals surface area contributed by atoms with Gasteiger partial charge in [-0.15, -0.1) is 11.3 Å². The molecule has 1 aromatic carbocycles. The number of methoxy groups -OCH3 is 1. The van der Waals surface area contributed by atoms with Gasteiger partial charge in [-0.1, -0.05) is 0 Å². The second-order valence-electron chi connectivity index (χ2n) is 5.97. The molecule has 0 aliphatic carbocycles. The van der Waals surface area contributed by atoms with Crippen LogP contribution in [-0.4, -0.2) is 43.5 Å². The molecule has 1 amide bonds. The summed E-state index contributed by atoms with van der Waals surface area (Å²) in [6.45, 7) is 0.439. The van der Waals surface area contributed by atoms with Crippen molar-refractivity contribution in [3.05, 3.63) is 59.5 Å². The number of amides is 1. The number of ether oxygens (including phenoxy) is 1. The second kappa shape index (κ2) is 8.16. The van der Waals surface area contributed by atoms with Gasteiger partial charge in [-0.3, -0.25) is 9.69 Å². The molecule has 0 aliphatic rings. The quantitative estimate of drug-likeness (QED) is 0.689. The Balaban J connectivity index is 1.66. The molecule has 3 aromatic rings. The Kier molecular flexibility index (Phi) is 5.70. The molecular weight excluding hydrogens is 350 g/mol. The van der Waals surface area contributed by atoms with E-state index < -0.39 is 0 Å². The fourth-order valence-corrected chi connectivity index (χ4v) is 3.35. The highest BCUT2D eigenvalue weighted by atomic mass is 32.1. The molecule has 26 heavy (non-hydrogen) atoms. The van der Waals surface area contributed by atoms with Gasteiger partial charge >= 0.3 is 0 Å². The van der Waals surface area contributed by atoms with E-state index >= 15 is 0 Å². The van der Waals surface area contributed by atoms with Crippen LogP contribution in [-0.2, 0) is 0 Å². The Morgan fingerprint density at radius 3 is 2.69 bits per heavy atom. The Hall–Kier alpha value is -2.64. The number of benzene rings is 1. The summed E-state index contributed by atoms with van der Waals surface area (Å²) in [6, 6.07) is 11.3. The first-order chi connectivity index (χ1) is 12.6. The van der Waals surface area contributed by atoms with Crippen LogP contribution in [0.5, 0.6) is 5.75 Å². The van der Waals surface area contributed by atoms with E-state index in [0.29, 0.717) is 12.2 Å². The minimum absolute atomic E-state index is 0.0337. The molecule has 1 N–H and O–H groups in total. The number of carbonyl (C=O) groups is 1. The Morgan fingerprint density at radius 2 is 2.08 bits per heavy atom. The molecule has 0 bridgehead atoms. The van der Waals surface area contributed by atoms with E-state index in [4.69, 9.17) is 9.15 Å². The number of rotatable bonds is 7. The van der Waals surface area contributed by atoms with Gasteiger partial charge in [0.05, 0.1) is 19.4 Å². The van der Waals surface area contributed by atoms with E-state index in [1.807, 2.05) is 55.4 Å². The van der Waals surface area contributed by atoms with Gasteiger partial charge in [-0.2, -0.15) is 0 Å². The average Bonchev–Trinajstić information content (AvgIpc) is 3.34. The minimum Gasteiger partial charge on any atom is -0.497 e. The van der Waals surface area contributed by atoms with Gasteiger partial charge in [0.15, 0.2) is 0 Å². The number of nitrogens with zero attached hydrogens (tertiary/aromatic N) is 2. The standard InChI is InChI=1S/C19H21N3O3S/c1-22(2)16(17-5-4-10-25-17)11-20-18(23)15-12-26-19(21-15)13-6-8-14(24-3)9-7-13/h4-10,12,16H,11H2,1-3H3,(H,20,23). The van der Waals surface area contributed by atoms with E-state index in [1.165, 1.54) is 11.3 Å². The maximum atomic E-state index is 12.5. The summed E-state index contributed by atoms with van der Waals surface area (Å²) in [6.07, 6.45) is 1.63. The van der Waals surface area contributed by atoms with Crippen LogP contribution in [0.25, 0.3) is 10.6 Å². The molecule has 6 nitrogen and oxygen atoms in total. The number of carbonyl (C=O) groups excluding carboxylic acids is 1. The van der Waals surface area contributed by atoms with Crippen molar-refractivity contribution >= 4 is 17.2 Å². The predicted octanol–water partition coefficient (Wildman–Crippen LogP) is 3.44. The van der Waals surface area contributed by atoms with Gasteiger partial charge in [0.25, 0.3) is 5.91 Å². The third-order valence-electron chi connectivity index (χ3n) is 4.02. The number of hydrogen-bond acceptors (Lipinski definition) is 6. The van der Waals surface area contributed by atoms with E-state index in [9.17, 15) is 4.79 Å². The summed E-state index contributed by atoms with van der Waals surface area (Å²) in [5.74, 6) is 1.41. The lowest BCUT2D eigenvalue weighted by Crippen LogP contribution is -2.34. The second-order valence-corrected chi connectivity index (χ2v) is 6.83. The molecule has 0 spiro atoms.